The number of carboxylic acids is 1. The van der Waals surface area contributed by atoms with Crippen LogP contribution in [0.25, 0.3) is 0 Å². The Morgan fingerprint density at radius 1 is 1.21 bits per heavy atom. The molecule has 0 atom stereocenters. The van der Waals surface area contributed by atoms with E-state index >= 15 is 0 Å². The van der Waals surface area contributed by atoms with Crippen LogP contribution in [-0.4, -0.2) is 30.7 Å². The van der Waals surface area contributed by atoms with E-state index in [1.165, 1.54) is 25.3 Å². The van der Waals surface area contributed by atoms with Crippen molar-refractivity contribution in [2.24, 2.45) is 0 Å². The monoisotopic (exact) mass is 349 g/mol. The smallest absolute Gasteiger partial charge is 0.339 e. The van der Waals surface area contributed by atoms with E-state index in [0.29, 0.717) is 10.8 Å². The van der Waals surface area contributed by atoms with Crippen LogP contribution in [0.1, 0.15) is 15.9 Å². The first-order valence-corrected chi connectivity index (χ1v) is 7.43. The quantitative estimate of drug-likeness (QED) is 0.802. The zero-order valence-electron chi connectivity index (χ0n) is 12.9. The lowest BCUT2D eigenvalue weighted by molar-refractivity contribution is -0.123. The molecule has 0 saturated carbocycles. The largest absolute Gasteiger partial charge is 0.497 e. The van der Waals surface area contributed by atoms with Crippen molar-refractivity contribution in [3.05, 3.63) is 58.6 Å². The number of halogens is 1. The highest BCUT2D eigenvalue weighted by molar-refractivity contribution is 6.31. The van der Waals surface area contributed by atoms with Crippen LogP contribution >= 0.6 is 11.6 Å². The summed E-state index contributed by atoms with van der Waals surface area (Å²) in [7, 11) is 1.45. The minimum atomic E-state index is -1.15. The van der Waals surface area contributed by atoms with Gasteiger partial charge in [-0.25, -0.2) is 4.79 Å². The Hall–Kier alpha value is -2.73. The van der Waals surface area contributed by atoms with E-state index in [-0.39, 0.29) is 24.5 Å². The summed E-state index contributed by atoms with van der Waals surface area (Å²) in [4.78, 5) is 23.1. The second kappa shape index (κ2) is 8.21. The molecule has 0 spiro atoms. The van der Waals surface area contributed by atoms with Crippen molar-refractivity contribution < 1.29 is 24.2 Å². The highest BCUT2D eigenvalue weighted by atomic mass is 35.5. The van der Waals surface area contributed by atoms with Crippen molar-refractivity contribution in [3.63, 3.8) is 0 Å². The zero-order valence-corrected chi connectivity index (χ0v) is 13.7. The van der Waals surface area contributed by atoms with Crippen molar-refractivity contribution in [3.8, 4) is 11.5 Å². The van der Waals surface area contributed by atoms with E-state index in [4.69, 9.17) is 26.2 Å². The van der Waals surface area contributed by atoms with Crippen LogP contribution < -0.4 is 14.8 Å². The fraction of sp³-hybridized carbons (Fsp3) is 0.176. The van der Waals surface area contributed by atoms with E-state index in [0.717, 1.165) is 5.56 Å². The summed E-state index contributed by atoms with van der Waals surface area (Å²) in [5.74, 6) is -1.04. The molecule has 0 aliphatic rings. The van der Waals surface area contributed by atoms with Crippen molar-refractivity contribution in [1.29, 1.82) is 0 Å². The summed E-state index contributed by atoms with van der Waals surface area (Å²) in [6.07, 6.45) is 0. The molecule has 0 aliphatic carbocycles. The van der Waals surface area contributed by atoms with Gasteiger partial charge in [-0.15, -0.1) is 0 Å². The highest BCUT2D eigenvalue weighted by Gasteiger charge is 2.14. The van der Waals surface area contributed by atoms with Gasteiger partial charge in [0.15, 0.2) is 6.61 Å². The molecule has 0 aromatic heterocycles. The van der Waals surface area contributed by atoms with Crippen molar-refractivity contribution in [1.82, 2.24) is 5.32 Å². The van der Waals surface area contributed by atoms with Crippen molar-refractivity contribution in [2.75, 3.05) is 13.7 Å². The Kier molecular flexibility index (Phi) is 6.03. The minimum Gasteiger partial charge on any atom is -0.497 e. The van der Waals surface area contributed by atoms with Crippen LogP contribution in [0, 0.1) is 0 Å². The molecular formula is C17H16ClNO5. The normalized spacial score (nSPS) is 10.1. The molecule has 0 aliphatic heterocycles. The van der Waals surface area contributed by atoms with Crippen LogP contribution in [0.4, 0.5) is 0 Å². The number of carboxylic acid groups (broad SMARTS) is 1. The second-order valence-electron chi connectivity index (χ2n) is 4.82. The van der Waals surface area contributed by atoms with Gasteiger partial charge in [-0.2, -0.15) is 0 Å². The molecule has 126 valence electrons. The first kappa shape index (κ1) is 17.6. The molecule has 6 nitrogen and oxygen atoms in total. The molecule has 0 bridgehead atoms. The van der Waals surface area contributed by atoms with Crippen LogP contribution in [0.5, 0.6) is 11.5 Å². The van der Waals surface area contributed by atoms with Gasteiger partial charge in [0.1, 0.15) is 17.1 Å². The summed E-state index contributed by atoms with van der Waals surface area (Å²) in [6, 6.07) is 11.4. The molecule has 24 heavy (non-hydrogen) atoms. The minimum absolute atomic E-state index is 0.0466. The molecule has 1 amide bonds. The molecule has 2 aromatic carbocycles. The molecule has 0 unspecified atom stereocenters. The van der Waals surface area contributed by atoms with Crippen molar-refractivity contribution >= 4 is 23.5 Å². The maximum atomic E-state index is 11.9. The van der Waals surface area contributed by atoms with Crippen LogP contribution in [-0.2, 0) is 11.3 Å². The molecule has 0 saturated heterocycles. The third kappa shape index (κ3) is 4.63. The van der Waals surface area contributed by atoms with Gasteiger partial charge in [0.05, 0.1) is 7.11 Å². The number of hydrogen-bond acceptors (Lipinski definition) is 4. The summed E-state index contributed by atoms with van der Waals surface area (Å²) in [5, 5.41) is 12.4. The summed E-state index contributed by atoms with van der Waals surface area (Å²) < 4.78 is 10.3. The number of nitrogens with one attached hydrogen (secondary N) is 1. The van der Waals surface area contributed by atoms with Gasteiger partial charge in [0, 0.05) is 17.6 Å². The Labute approximate surface area is 144 Å². The molecule has 0 fully saturated rings. The average molecular weight is 350 g/mol. The predicted octanol–water partition coefficient (Wildman–Crippen LogP) is 2.74. The fourth-order valence-corrected chi connectivity index (χ4v) is 2.16. The van der Waals surface area contributed by atoms with Gasteiger partial charge in [0.25, 0.3) is 5.91 Å². The number of ether oxygens (including phenoxy) is 2. The third-order valence-corrected chi connectivity index (χ3v) is 3.58. The summed E-state index contributed by atoms with van der Waals surface area (Å²) >= 11 is 6.01. The van der Waals surface area contributed by atoms with Crippen LogP contribution in [0.15, 0.2) is 42.5 Å². The van der Waals surface area contributed by atoms with Gasteiger partial charge in [-0.1, -0.05) is 29.8 Å². The molecule has 2 N–H and O–H groups in total. The van der Waals surface area contributed by atoms with E-state index in [1.54, 1.807) is 18.2 Å². The van der Waals surface area contributed by atoms with Crippen molar-refractivity contribution in [2.45, 2.75) is 6.54 Å². The van der Waals surface area contributed by atoms with Gasteiger partial charge >= 0.3 is 5.97 Å². The fourth-order valence-electron chi connectivity index (χ4n) is 1.96. The van der Waals surface area contributed by atoms with E-state index in [9.17, 15) is 9.59 Å². The Morgan fingerprint density at radius 3 is 2.62 bits per heavy atom. The van der Waals surface area contributed by atoms with Gasteiger partial charge in [-0.3, -0.25) is 4.79 Å². The molecule has 2 rings (SSSR count). The number of carbonyl (C=O) groups is 2. The van der Waals surface area contributed by atoms with E-state index in [2.05, 4.69) is 5.32 Å². The summed E-state index contributed by atoms with van der Waals surface area (Å²) in [5.41, 5.74) is 0.731. The number of aromatic carboxylic acids is 1. The number of amides is 1. The lowest BCUT2D eigenvalue weighted by atomic mass is 10.2. The predicted molar refractivity (Wildman–Crippen MR) is 88.7 cm³/mol. The van der Waals surface area contributed by atoms with Gasteiger partial charge in [0.2, 0.25) is 0 Å². The lowest BCUT2D eigenvalue weighted by Gasteiger charge is -2.11. The highest BCUT2D eigenvalue weighted by Crippen LogP contribution is 2.24. The number of hydrogen-bond donors (Lipinski definition) is 2. The average Bonchev–Trinajstić information content (AvgIpc) is 2.58. The molecular weight excluding hydrogens is 334 g/mol. The third-order valence-electron chi connectivity index (χ3n) is 3.21. The van der Waals surface area contributed by atoms with Gasteiger partial charge < -0.3 is 19.9 Å². The second-order valence-corrected chi connectivity index (χ2v) is 5.23. The topological polar surface area (TPSA) is 84.9 Å². The Morgan fingerprint density at radius 2 is 1.96 bits per heavy atom. The first-order valence-electron chi connectivity index (χ1n) is 7.05. The standard InChI is InChI=1S/C17H16ClNO5/c1-23-12-6-7-13(17(21)22)15(8-12)24-10-16(20)19-9-11-4-2-3-5-14(11)18/h2-8H,9-10H2,1H3,(H,19,20)(H,21,22). The summed E-state index contributed by atoms with van der Waals surface area (Å²) in [6.45, 7) is -0.0658. The Bertz CT molecular complexity index is 748. The SMILES string of the molecule is COc1ccc(C(=O)O)c(OCC(=O)NCc2ccccc2Cl)c1. The van der Waals surface area contributed by atoms with Gasteiger partial charge in [-0.05, 0) is 23.8 Å². The van der Waals surface area contributed by atoms with E-state index in [1.807, 2.05) is 6.07 Å². The Balaban J connectivity index is 1.96. The number of rotatable bonds is 7. The molecule has 0 radical (unpaired) electrons. The lowest BCUT2D eigenvalue weighted by Crippen LogP contribution is -2.28. The number of carbonyl (C=O) groups excluding carboxylic acids is 1. The molecule has 0 heterocycles. The van der Waals surface area contributed by atoms with E-state index < -0.39 is 11.9 Å². The van der Waals surface area contributed by atoms with Crippen LogP contribution in [0.2, 0.25) is 5.02 Å². The first-order chi connectivity index (χ1) is 11.5. The zero-order chi connectivity index (χ0) is 17.5. The van der Waals surface area contributed by atoms with Crippen LogP contribution in [0.3, 0.4) is 0 Å². The maximum Gasteiger partial charge on any atom is 0.339 e. The number of benzene rings is 2. The molecule has 2 aromatic rings. The maximum absolute atomic E-state index is 11.9. The number of methoxy groups -OCH3 is 1. The molecule has 7 heteroatoms.